The van der Waals surface area contributed by atoms with Crippen molar-refractivity contribution >= 4 is 18.0 Å². The Morgan fingerprint density at radius 2 is 1.52 bits per heavy atom. The van der Waals surface area contributed by atoms with Crippen LogP contribution in [0.3, 0.4) is 0 Å². The average molecular weight is 453 g/mol. The van der Waals surface area contributed by atoms with E-state index in [0.717, 1.165) is 22.3 Å². The van der Waals surface area contributed by atoms with Gasteiger partial charge >= 0.3 is 12.1 Å². The Balaban J connectivity index is 1.53. The Labute approximate surface area is 194 Å². The van der Waals surface area contributed by atoms with Gasteiger partial charge in [0.1, 0.15) is 6.61 Å². The average Bonchev–Trinajstić information content (AvgIpc) is 3.09. The summed E-state index contributed by atoms with van der Waals surface area (Å²) in [7, 11) is 0. The number of aliphatic carboxylic acids is 1. The molecule has 1 aliphatic carbocycles. The number of hydrogen-bond acceptors (Lipinski definition) is 4. The molecular weight excluding hydrogens is 420 g/mol. The van der Waals surface area contributed by atoms with Crippen LogP contribution in [0.4, 0.5) is 4.79 Å². The minimum Gasteiger partial charge on any atom is -0.481 e. The third-order valence-electron chi connectivity index (χ3n) is 6.24. The maximum Gasteiger partial charge on any atom is 0.407 e. The third kappa shape index (κ3) is 5.53. The lowest BCUT2D eigenvalue weighted by molar-refractivity contribution is -0.143. The minimum absolute atomic E-state index is 0.0385. The molecular formula is C26H32N2O5. The number of carbonyl (C=O) groups excluding carboxylic acids is 2. The zero-order chi connectivity index (χ0) is 24.2. The van der Waals surface area contributed by atoms with Crippen LogP contribution in [-0.4, -0.2) is 42.8 Å². The summed E-state index contributed by atoms with van der Waals surface area (Å²) in [5.74, 6) is -2.08. The van der Waals surface area contributed by atoms with Crippen molar-refractivity contribution in [2.45, 2.75) is 33.6 Å². The Bertz CT molecular complexity index is 985. The van der Waals surface area contributed by atoms with Gasteiger partial charge in [0, 0.05) is 19.0 Å². The lowest BCUT2D eigenvalue weighted by Gasteiger charge is -2.25. The number of amides is 2. The van der Waals surface area contributed by atoms with Crippen molar-refractivity contribution in [2.75, 3.05) is 19.7 Å². The number of benzene rings is 2. The van der Waals surface area contributed by atoms with Gasteiger partial charge in [-0.1, -0.05) is 62.4 Å². The summed E-state index contributed by atoms with van der Waals surface area (Å²) in [6.45, 7) is 7.29. The molecule has 2 aromatic carbocycles. The highest BCUT2D eigenvalue weighted by molar-refractivity contribution is 5.83. The molecule has 0 bridgehead atoms. The van der Waals surface area contributed by atoms with Crippen LogP contribution in [0.1, 0.15) is 44.7 Å². The van der Waals surface area contributed by atoms with E-state index in [9.17, 15) is 19.5 Å². The third-order valence-corrected chi connectivity index (χ3v) is 6.24. The largest absolute Gasteiger partial charge is 0.481 e. The highest BCUT2D eigenvalue weighted by Gasteiger charge is 2.32. The van der Waals surface area contributed by atoms with Gasteiger partial charge in [-0.25, -0.2) is 4.79 Å². The van der Waals surface area contributed by atoms with Gasteiger partial charge in [-0.05, 0) is 42.0 Å². The van der Waals surface area contributed by atoms with Crippen molar-refractivity contribution in [2.24, 2.45) is 17.3 Å². The van der Waals surface area contributed by atoms with Crippen molar-refractivity contribution in [1.82, 2.24) is 10.6 Å². The van der Waals surface area contributed by atoms with E-state index in [4.69, 9.17) is 4.74 Å². The number of rotatable bonds is 9. The molecule has 33 heavy (non-hydrogen) atoms. The second kappa shape index (κ2) is 10.1. The quantitative estimate of drug-likeness (QED) is 0.533. The Kier molecular flexibility index (Phi) is 7.41. The maximum absolute atomic E-state index is 12.6. The zero-order valence-corrected chi connectivity index (χ0v) is 19.6. The molecule has 0 saturated carbocycles. The van der Waals surface area contributed by atoms with Gasteiger partial charge in [0.2, 0.25) is 5.91 Å². The van der Waals surface area contributed by atoms with Crippen molar-refractivity contribution in [3.8, 4) is 11.1 Å². The molecule has 2 aromatic rings. The number of nitrogens with one attached hydrogen (secondary N) is 2. The number of carboxylic acid groups (broad SMARTS) is 1. The summed E-state index contributed by atoms with van der Waals surface area (Å²) in [5.41, 5.74) is 3.64. The van der Waals surface area contributed by atoms with E-state index in [2.05, 4.69) is 34.9 Å². The highest BCUT2D eigenvalue weighted by Crippen LogP contribution is 2.44. The molecule has 3 rings (SSSR count). The van der Waals surface area contributed by atoms with Crippen LogP contribution < -0.4 is 10.6 Å². The molecule has 0 aliphatic heterocycles. The van der Waals surface area contributed by atoms with Crippen LogP contribution in [0.25, 0.3) is 11.1 Å². The molecule has 0 aromatic heterocycles. The van der Waals surface area contributed by atoms with E-state index in [1.54, 1.807) is 27.7 Å². The molecule has 2 amide bonds. The fraction of sp³-hybridized carbons (Fsp3) is 0.423. The lowest BCUT2D eigenvalue weighted by atomic mass is 9.91. The summed E-state index contributed by atoms with van der Waals surface area (Å²) >= 11 is 0. The zero-order valence-electron chi connectivity index (χ0n) is 19.6. The number of ether oxygens (including phenoxy) is 1. The van der Waals surface area contributed by atoms with Crippen molar-refractivity contribution < 1.29 is 24.2 Å². The van der Waals surface area contributed by atoms with Gasteiger partial charge in [0.05, 0.1) is 11.3 Å². The van der Waals surface area contributed by atoms with Crippen LogP contribution in [0.15, 0.2) is 48.5 Å². The molecule has 176 valence electrons. The normalized spacial score (nSPS) is 13.7. The van der Waals surface area contributed by atoms with Crippen molar-refractivity contribution in [1.29, 1.82) is 0 Å². The highest BCUT2D eigenvalue weighted by atomic mass is 16.5. The number of alkyl carbamates (subject to hydrolysis) is 1. The SMILES string of the molecule is CC(C)C(CNC(=O)C(C)(C)CNC(=O)OCC1c2ccccc2-c2ccccc21)C(=O)O. The van der Waals surface area contributed by atoms with E-state index < -0.39 is 23.4 Å². The van der Waals surface area contributed by atoms with E-state index in [-0.39, 0.29) is 37.4 Å². The number of fused-ring (bicyclic) bond motifs is 3. The van der Waals surface area contributed by atoms with Crippen molar-refractivity contribution in [3.05, 3.63) is 59.7 Å². The number of hydrogen-bond donors (Lipinski definition) is 3. The Morgan fingerprint density at radius 1 is 0.970 bits per heavy atom. The van der Waals surface area contributed by atoms with Gasteiger partial charge in [-0.15, -0.1) is 0 Å². The molecule has 0 spiro atoms. The first-order valence-corrected chi connectivity index (χ1v) is 11.2. The van der Waals surface area contributed by atoms with E-state index in [1.807, 2.05) is 24.3 Å². The smallest absolute Gasteiger partial charge is 0.407 e. The van der Waals surface area contributed by atoms with Crippen LogP contribution in [0.5, 0.6) is 0 Å². The van der Waals surface area contributed by atoms with Gasteiger partial charge < -0.3 is 20.5 Å². The predicted molar refractivity (Wildman–Crippen MR) is 126 cm³/mol. The standard InChI is InChI=1S/C26H32N2O5/c1-16(2)21(23(29)30)13-27-24(31)26(3,4)15-28-25(32)33-14-22-19-11-7-5-9-17(19)18-10-6-8-12-20(18)22/h5-12,16,21-22H,13-15H2,1-4H3,(H,27,31)(H,28,32)(H,29,30). The first kappa shape index (κ1) is 24.3. The fourth-order valence-corrected chi connectivity index (χ4v) is 4.07. The first-order chi connectivity index (χ1) is 15.6. The van der Waals surface area contributed by atoms with Crippen LogP contribution in [-0.2, 0) is 14.3 Å². The topological polar surface area (TPSA) is 105 Å². The first-order valence-electron chi connectivity index (χ1n) is 11.2. The van der Waals surface area contributed by atoms with Crippen LogP contribution in [0.2, 0.25) is 0 Å². The fourth-order valence-electron chi connectivity index (χ4n) is 4.07. The van der Waals surface area contributed by atoms with Crippen LogP contribution in [0, 0.1) is 17.3 Å². The molecule has 1 atom stereocenters. The van der Waals surface area contributed by atoms with E-state index in [1.165, 1.54) is 0 Å². The van der Waals surface area contributed by atoms with Gasteiger partial charge in [-0.2, -0.15) is 0 Å². The Morgan fingerprint density at radius 3 is 2.03 bits per heavy atom. The summed E-state index contributed by atoms with van der Waals surface area (Å²) in [6, 6.07) is 16.2. The minimum atomic E-state index is -0.945. The molecule has 7 heteroatoms. The molecule has 0 radical (unpaired) electrons. The second-order valence-corrected chi connectivity index (χ2v) is 9.46. The number of carboxylic acids is 1. The maximum atomic E-state index is 12.6. The molecule has 3 N–H and O–H groups in total. The molecule has 0 saturated heterocycles. The molecule has 1 aliphatic rings. The van der Waals surface area contributed by atoms with Gasteiger partial charge in [0.25, 0.3) is 0 Å². The summed E-state index contributed by atoms with van der Waals surface area (Å²) in [6.07, 6.45) is -0.594. The van der Waals surface area contributed by atoms with Gasteiger partial charge in [0.15, 0.2) is 0 Å². The summed E-state index contributed by atoms with van der Waals surface area (Å²) < 4.78 is 5.52. The van der Waals surface area contributed by atoms with E-state index >= 15 is 0 Å². The summed E-state index contributed by atoms with van der Waals surface area (Å²) in [5, 5.41) is 14.6. The van der Waals surface area contributed by atoms with Crippen molar-refractivity contribution in [3.63, 3.8) is 0 Å². The molecule has 7 nitrogen and oxygen atoms in total. The van der Waals surface area contributed by atoms with Gasteiger partial charge in [-0.3, -0.25) is 9.59 Å². The predicted octanol–water partition coefficient (Wildman–Crippen LogP) is 4.02. The summed E-state index contributed by atoms with van der Waals surface area (Å²) in [4.78, 5) is 36.3. The molecule has 1 unspecified atom stereocenters. The lowest BCUT2D eigenvalue weighted by Crippen LogP contribution is -2.47. The van der Waals surface area contributed by atoms with E-state index in [0.29, 0.717) is 0 Å². The second-order valence-electron chi connectivity index (χ2n) is 9.46. The molecule has 0 fully saturated rings. The van der Waals surface area contributed by atoms with Crippen LogP contribution >= 0.6 is 0 Å². The molecule has 0 heterocycles. The Hall–Kier alpha value is -3.35. The number of carbonyl (C=O) groups is 3. The monoisotopic (exact) mass is 452 g/mol.